The van der Waals surface area contributed by atoms with E-state index in [2.05, 4.69) is 35.7 Å². The Kier molecular flexibility index (Phi) is 5.47. The Bertz CT molecular complexity index is 850. The Labute approximate surface area is 156 Å². The second kappa shape index (κ2) is 8.33. The molecule has 10 nitrogen and oxygen atoms in total. The lowest BCUT2D eigenvalue weighted by Gasteiger charge is -2.30. The normalized spacial score (nSPS) is 18.0. The summed E-state index contributed by atoms with van der Waals surface area (Å²) in [5.74, 6) is 0.597. The number of nitrogens with one attached hydrogen (secondary N) is 1. The lowest BCUT2D eigenvalue weighted by molar-refractivity contribution is -0.0377. The van der Waals surface area contributed by atoms with Crippen molar-refractivity contribution < 1.29 is 9.47 Å². The molecule has 1 aromatic carbocycles. The Balaban J connectivity index is 1.42. The van der Waals surface area contributed by atoms with Crippen LogP contribution in [-0.2, 0) is 22.6 Å². The molecular weight excluding hydrogens is 348 g/mol. The number of tetrazole rings is 1. The number of H-pyrrole nitrogens is 1. The highest BCUT2D eigenvalue weighted by molar-refractivity contribution is 5.60. The molecule has 0 aliphatic carbocycles. The highest BCUT2D eigenvalue weighted by Crippen LogP contribution is 2.23. The third kappa shape index (κ3) is 4.18. The molecule has 1 unspecified atom stereocenters. The molecule has 1 aliphatic heterocycles. The molecule has 3 aromatic rings. The average Bonchev–Trinajstić information content (AvgIpc) is 3.37. The molecule has 1 N–H and O–H groups in total. The molecule has 0 radical (unpaired) electrons. The predicted octanol–water partition coefficient (Wildman–Crippen LogP) is 0.678. The smallest absolute Gasteiger partial charge is 0.204 e. The van der Waals surface area contributed by atoms with E-state index >= 15 is 0 Å². The highest BCUT2D eigenvalue weighted by Gasteiger charge is 2.27. The van der Waals surface area contributed by atoms with Gasteiger partial charge in [-0.05, 0) is 5.21 Å². The van der Waals surface area contributed by atoms with Gasteiger partial charge in [-0.15, -0.1) is 10.2 Å². The summed E-state index contributed by atoms with van der Waals surface area (Å²) in [6, 6.07) is 10.0. The van der Waals surface area contributed by atoms with Crippen molar-refractivity contribution in [2.24, 2.45) is 0 Å². The lowest BCUT2D eigenvalue weighted by Crippen LogP contribution is -2.38. The van der Waals surface area contributed by atoms with Gasteiger partial charge in [-0.25, -0.2) is 0 Å². The van der Waals surface area contributed by atoms with Crippen LogP contribution in [0.25, 0.3) is 11.3 Å². The first-order valence-electron chi connectivity index (χ1n) is 8.89. The Hall–Kier alpha value is -2.69. The van der Waals surface area contributed by atoms with E-state index in [9.17, 15) is 0 Å². The number of hydrogen-bond acceptors (Lipinski definition) is 8. The van der Waals surface area contributed by atoms with Crippen LogP contribution in [0, 0.1) is 0 Å². The second-order valence-electron chi connectivity index (χ2n) is 6.32. The number of rotatable bonds is 7. The molecule has 0 saturated carbocycles. The van der Waals surface area contributed by atoms with Crippen LogP contribution in [0.2, 0.25) is 0 Å². The zero-order chi connectivity index (χ0) is 18.5. The van der Waals surface area contributed by atoms with E-state index in [0.29, 0.717) is 38.7 Å². The summed E-state index contributed by atoms with van der Waals surface area (Å²) in [6.07, 6.45) is -0.206. The van der Waals surface area contributed by atoms with E-state index in [1.165, 1.54) is 4.80 Å². The SMILES string of the molecule is COCCn1nnc(C2CN(Cc3n[nH]nc3-c3ccccc3)CCO2)n1. The summed E-state index contributed by atoms with van der Waals surface area (Å²) < 4.78 is 10.9. The van der Waals surface area contributed by atoms with E-state index in [1.54, 1.807) is 7.11 Å². The van der Waals surface area contributed by atoms with Crippen LogP contribution in [0.15, 0.2) is 30.3 Å². The van der Waals surface area contributed by atoms with Crippen molar-refractivity contribution >= 4 is 0 Å². The van der Waals surface area contributed by atoms with Crippen molar-refractivity contribution in [2.45, 2.75) is 19.2 Å². The molecule has 0 spiro atoms. The minimum absolute atomic E-state index is 0.206. The fraction of sp³-hybridized carbons (Fsp3) is 0.471. The first-order valence-corrected chi connectivity index (χ1v) is 8.89. The molecule has 2 aromatic heterocycles. The van der Waals surface area contributed by atoms with Crippen molar-refractivity contribution in [3.63, 3.8) is 0 Å². The topological polar surface area (TPSA) is 107 Å². The summed E-state index contributed by atoms with van der Waals surface area (Å²) in [4.78, 5) is 3.81. The molecule has 0 amide bonds. The van der Waals surface area contributed by atoms with Gasteiger partial charge in [0.25, 0.3) is 0 Å². The number of methoxy groups -OCH3 is 1. The lowest BCUT2D eigenvalue weighted by atomic mass is 10.1. The van der Waals surface area contributed by atoms with E-state index in [4.69, 9.17) is 9.47 Å². The number of aromatic amines is 1. The maximum Gasteiger partial charge on any atom is 0.204 e. The van der Waals surface area contributed by atoms with Crippen molar-refractivity contribution in [1.29, 1.82) is 0 Å². The summed E-state index contributed by atoms with van der Waals surface area (Å²) in [7, 11) is 1.65. The van der Waals surface area contributed by atoms with E-state index in [-0.39, 0.29) is 6.10 Å². The summed E-state index contributed by atoms with van der Waals surface area (Å²) in [5.41, 5.74) is 2.84. The molecule has 142 valence electrons. The monoisotopic (exact) mass is 370 g/mol. The molecule has 4 rings (SSSR count). The van der Waals surface area contributed by atoms with E-state index in [0.717, 1.165) is 23.5 Å². The van der Waals surface area contributed by atoms with Crippen molar-refractivity contribution in [2.75, 3.05) is 33.4 Å². The summed E-state index contributed by atoms with van der Waals surface area (Å²) in [5, 5.41) is 24.0. The molecule has 1 fully saturated rings. The summed E-state index contributed by atoms with van der Waals surface area (Å²) in [6.45, 7) is 3.89. The third-order valence-electron chi connectivity index (χ3n) is 4.44. The molecule has 1 saturated heterocycles. The van der Waals surface area contributed by atoms with Crippen molar-refractivity contribution in [3.8, 4) is 11.3 Å². The Morgan fingerprint density at radius 1 is 1.26 bits per heavy atom. The predicted molar refractivity (Wildman–Crippen MR) is 95.5 cm³/mol. The fourth-order valence-corrected chi connectivity index (χ4v) is 3.06. The standard InChI is InChI=1S/C17H22N8O2/c1-26-9-8-25-21-17(20-23-25)15-12-24(7-10-27-15)11-14-16(19-22-18-14)13-5-3-2-4-6-13/h2-6,15H,7-12H2,1H3,(H,18,19,22). The van der Waals surface area contributed by atoms with Crippen LogP contribution in [0.5, 0.6) is 0 Å². The number of ether oxygens (including phenoxy) is 2. The second-order valence-corrected chi connectivity index (χ2v) is 6.32. The number of hydrogen-bond donors (Lipinski definition) is 1. The van der Waals surface area contributed by atoms with Gasteiger partial charge >= 0.3 is 0 Å². The van der Waals surface area contributed by atoms with Gasteiger partial charge in [-0.3, -0.25) is 4.90 Å². The van der Waals surface area contributed by atoms with Gasteiger partial charge in [-0.2, -0.15) is 20.2 Å². The van der Waals surface area contributed by atoms with E-state index in [1.807, 2.05) is 30.3 Å². The fourth-order valence-electron chi connectivity index (χ4n) is 3.06. The Morgan fingerprint density at radius 2 is 2.15 bits per heavy atom. The number of aromatic nitrogens is 7. The minimum atomic E-state index is -0.206. The van der Waals surface area contributed by atoms with Gasteiger partial charge < -0.3 is 9.47 Å². The van der Waals surface area contributed by atoms with Gasteiger partial charge in [-0.1, -0.05) is 30.3 Å². The quantitative estimate of drug-likeness (QED) is 0.647. The third-order valence-corrected chi connectivity index (χ3v) is 4.44. The maximum absolute atomic E-state index is 5.85. The van der Waals surface area contributed by atoms with Gasteiger partial charge in [0.1, 0.15) is 17.5 Å². The molecule has 3 heterocycles. The molecular formula is C17H22N8O2. The molecule has 0 bridgehead atoms. The maximum atomic E-state index is 5.85. The van der Waals surface area contributed by atoms with Crippen molar-refractivity contribution in [1.82, 2.24) is 40.5 Å². The minimum Gasteiger partial charge on any atom is -0.383 e. The molecule has 27 heavy (non-hydrogen) atoms. The largest absolute Gasteiger partial charge is 0.383 e. The zero-order valence-corrected chi connectivity index (χ0v) is 15.2. The zero-order valence-electron chi connectivity index (χ0n) is 15.2. The van der Waals surface area contributed by atoms with Crippen LogP contribution < -0.4 is 0 Å². The van der Waals surface area contributed by atoms with Gasteiger partial charge in [0.2, 0.25) is 5.82 Å². The highest BCUT2D eigenvalue weighted by atomic mass is 16.5. The first-order chi connectivity index (χ1) is 13.3. The van der Waals surface area contributed by atoms with Gasteiger partial charge in [0.15, 0.2) is 0 Å². The van der Waals surface area contributed by atoms with Crippen molar-refractivity contribution in [3.05, 3.63) is 41.9 Å². The summed E-state index contributed by atoms with van der Waals surface area (Å²) >= 11 is 0. The van der Waals surface area contributed by atoms with Crippen LogP contribution in [0.1, 0.15) is 17.6 Å². The molecule has 1 aliphatic rings. The van der Waals surface area contributed by atoms with Crippen LogP contribution in [0.4, 0.5) is 0 Å². The van der Waals surface area contributed by atoms with E-state index < -0.39 is 0 Å². The van der Waals surface area contributed by atoms with Crippen LogP contribution in [-0.4, -0.2) is 73.9 Å². The molecule has 1 atom stereocenters. The number of morpholine rings is 1. The number of benzene rings is 1. The molecule has 10 heteroatoms. The van der Waals surface area contributed by atoms with Gasteiger partial charge in [0, 0.05) is 32.3 Å². The van der Waals surface area contributed by atoms with Gasteiger partial charge in [0.05, 0.1) is 19.8 Å². The Morgan fingerprint density at radius 3 is 3.00 bits per heavy atom. The van der Waals surface area contributed by atoms with Crippen LogP contribution >= 0.6 is 0 Å². The first kappa shape index (κ1) is 17.7. The number of nitrogens with zero attached hydrogens (tertiary/aromatic N) is 7. The average molecular weight is 370 g/mol. The van der Waals surface area contributed by atoms with Crippen LogP contribution in [0.3, 0.4) is 0 Å².